The highest BCUT2D eigenvalue weighted by Gasteiger charge is 2.31. The first-order valence-electron chi connectivity index (χ1n) is 13.6. The minimum atomic E-state index is -4.45. The molecule has 216 valence electrons. The first-order valence-corrected chi connectivity index (χ1v) is 13.6. The van der Waals surface area contributed by atoms with Crippen LogP contribution in [0.4, 0.5) is 13.2 Å². The van der Waals surface area contributed by atoms with Gasteiger partial charge in [-0.05, 0) is 61.4 Å². The van der Waals surface area contributed by atoms with E-state index in [4.69, 9.17) is 4.98 Å². The first kappa shape index (κ1) is 27.4. The van der Waals surface area contributed by atoms with Crippen molar-refractivity contribution in [3.63, 3.8) is 0 Å². The Labute approximate surface area is 237 Å². The average Bonchev–Trinajstić information content (AvgIpc) is 3.56. The number of aliphatic carboxylic acids is 1. The summed E-state index contributed by atoms with van der Waals surface area (Å²) in [4.78, 5) is 33.2. The second-order valence-corrected chi connectivity index (χ2v) is 10.6. The Morgan fingerprint density at radius 2 is 1.74 bits per heavy atom. The molecule has 0 bridgehead atoms. The van der Waals surface area contributed by atoms with Crippen molar-refractivity contribution in [1.29, 1.82) is 0 Å². The molecule has 42 heavy (non-hydrogen) atoms. The molecular formula is C31H27F3N4O4. The summed E-state index contributed by atoms with van der Waals surface area (Å²) in [7, 11) is 0. The van der Waals surface area contributed by atoms with E-state index in [1.165, 1.54) is 30.5 Å². The normalized spacial score (nSPS) is 15.2. The van der Waals surface area contributed by atoms with Crippen LogP contribution < -0.4 is 5.32 Å². The predicted molar refractivity (Wildman–Crippen MR) is 150 cm³/mol. The lowest BCUT2D eigenvalue weighted by Gasteiger charge is -2.25. The van der Waals surface area contributed by atoms with Crippen LogP contribution >= 0.6 is 0 Å². The summed E-state index contributed by atoms with van der Waals surface area (Å²) < 4.78 is 41.6. The summed E-state index contributed by atoms with van der Waals surface area (Å²) in [6, 6.07) is 13.0. The van der Waals surface area contributed by atoms with Gasteiger partial charge in [-0.1, -0.05) is 31.4 Å². The number of nitrogens with zero attached hydrogens (tertiary/aromatic N) is 2. The summed E-state index contributed by atoms with van der Waals surface area (Å²) in [5, 5.41) is 22.9. The molecule has 8 nitrogen and oxygen atoms in total. The Bertz CT molecular complexity index is 1800. The molecule has 2 aromatic heterocycles. The highest BCUT2D eigenvalue weighted by atomic mass is 19.4. The van der Waals surface area contributed by atoms with Gasteiger partial charge in [0.25, 0.3) is 5.91 Å². The standard InChI is InChI=1S/C31H27F3N4O4/c32-31(33,34)19-9-6-17(7-10-19)28-36-25-14-18(8-13-26(25)38(28)20-4-2-1-3-5-20)29(40)37-27(30(41)42)23-16-35-24-12-11-21(39)15-22(23)24/h6-16,20,27,35,39H,1-5H2,(H,37,40)(H,41,42)/t27-/m0/s1. The van der Waals surface area contributed by atoms with E-state index in [2.05, 4.69) is 14.9 Å². The number of halogens is 3. The van der Waals surface area contributed by atoms with Crippen molar-refractivity contribution >= 4 is 33.8 Å². The van der Waals surface area contributed by atoms with E-state index in [0.29, 0.717) is 27.8 Å². The van der Waals surface area contributed by atoms with Gasteiger partial charge in [0.15, 0.2) is 6.04 Å². The molecule has 0 spiro atoms. The number of H-pyrrole nitrogens is 1. The lowest BCUT2D eigenvalue weighted by atomic mass is 9.94. The fraction of sp³-hybridized carbons (Fsp3) is 0.258. The fourth-order valence-electron chi connectivity index (χ4n) is 5.82. The number of carboxylic acid groups (broad SMARTS) is 1. The summed E-state index contributed by atoms with van der Waals surface area (Å²) in [5.74, 6) is -1.44. The number of amides is 1. The van der Waals surface area contributed by atoms with Gasteiger partial charge in [0.2, 0.25) is 0 Å². The van der Waals surface area contributed by atoms with E-state index in [0.717, 1.165) is 49.8 Å². The zero-order valence-electron chi connectivity index (χ0n) is 22.3. The van der Waals surface area contributed by atoms with Crippen LogP contribution in [0.15, 0.2) is 66.9 Å². The van der Waals surface area contributed by atoms with Gasteiger partial charge in [0.05, 0.1) is 16.6 Å². The van der Waals surface area contributed by atoms with Crippen molar-refractivity contribution in [2.24, 2.45) is 0 Å². The highest BCUT2D eigenvalue weighted by Crippen LogP contribution is 2.37. The number of aromatic hydroxyl groups is 1. The smallest absolute Gasteiger partial charge is 0.416 e. The topological polar surface area (TPSA) is 120 Å². The number of hydrogen-bond acceptors (Lipinski definition) is 4. The Balaban J connectivity index is 1.37. The number of hydrogen-bond donors (Lipinski definition) is 4. The fourth-order valence-corrected chi connectivity index (χ4v) is 5.82. The minimum Gasteiger partial charge on any atom is -0.508 e. The van der Waals surface area contributed by atoms with E-state index in [1.807, 2.05) is 0 Å². The molecule has 3 aromatic carbocycles. The number of phenolic OH excluding ortho intramolecular Hbond substituents is 1. The molecule has 2 heterocycles. The van der Waals surface area contributed by atoms with E-state index < -0.39 is 29.7 Å². The number of benzene rings is 3. The maximum atomic E-state index is 13.3. The molecule has 1 saturated carbocycles. The van der Waals surface area contributed by atoms with Crippen LogP contribution in [-0.4, -0.2) is 36.6 Å². The number of fused-ring (bicyclic) bond motifs is 2. The van der Waals surface area contributed by atoms with Crippen LogP contribution in [0.5, 0.6) is 5.75 Å². The van der Waals surface area contributed by atoms with E-state index in [-0.39, 0.29) is 22.9 Å². The van der Waals surface area contributed by atoms with E-state index >= 15 is 0 Å². The Morgan fingerprint density at radius 3 is 2.43 bits per heavy atom. The second kappa shape index (κ2) is 10.6. The minimum absolute atomic E-state index is 0.0401. The van der Waals surface area contributed by atoms with Gasteiger partial charge in [-0.3, -0.25) is 4.79 Å². The zero-order valence-corrected chi connectivity index (χ0v) is 22.3. The lowest BCUT2D eigenvalue weighted by molar-refractivity contribution is -0.139. The number of rotatable bonds is 6. The van der Waals surface area contributed by atoms with Gasteiger partial charge in [0.1, 0.15) is 11.6 Å². The predicted octanol–water partition coefficient (Wildman–Crippen LogP) is 6.97. The lowest BCUT2D eigenvalue weighted by Crippen LogP contribution is -2.33. The van der Waals surface area contributed by atoms with Gasteiger partial charge in [-0.2, -0.15) is 13.2 Å². The maximum Gasteiger partial charge on any atom is 0.416 e. The number of carboxylic acids is 1. The summed E-state index contributed by atoms with van der Waals surface area (Å²) in [6.45, 7) is 0. The van der Waals surface area contributed by atoms with Gasteiger partial charge in [0, 0.05) is 39.8 Å². The Hall–Kier alpha value is -4.80. The number of carbonyl (C=O) groups excluding carboxylic acids is 1. The molecule has 4 N–H and O–H groups in total. The molecule has 1 atom stereocenters. The number of nitrogens with one attached hydrogen (secondary N) is 2. The zero-order chi connectivity index (χ0) is 29.6. The third-order valence-corrected chi connectivity index (χ3v) is 7.89. The van der Waals surface area contributed by atoms with Gasteiger partial charge >= 0.3 is 12.1 Å². The van der Waals surface area contributed by atoms with Crippen molar-refractivity contribution in [3.05, 3.63) is 83.6 Å². The number of imidazole rings is 1. The second-order valence-electron chi connectivity index (χ2n) is 10.6. The van der Waals surface area contributed by atoms with Crippen molar-refractivity contribution in [3.8, 4) is 17.1 Å². The third kappa shape index (κ3) is 5.06. The molecule has 1 aliphatic rings. The molecular weight excluding hydrogens is 549 g/mol. The number of aromatic amines is 1. The van der Waals surface area contributed by atoms with Crippen LogP contribution in [0.3, 0.4) is 0 Å². The largest absolute Gasteiger partial charge is 0.508 e. The first-order chi connectivity index (χ1) is 20.1. The molecule has 1 fully saturated rings. The molecule has 11 heteroatoms. The number of phenols is 1. The molecule has 0 aliphatic heterocycles. The van der Waals surface area contributed by atoms with Crippen LogP contribution in [-0.2, 0) is 11.0 Å². The quantitative estimate of drug-likeness (QED) is 0.174. The van der Waals surface area contributed by atoms with Crippen LogP contribution in [0, 0.1) is 0 Å². The summed E-state index contributed by atoms with van der Waals surface area (Å²) in [6.07, 6.45) is 2.01. The SMILES string of the molecule is O=C(N[C@H](C(=O)O)c1c[nH]c2ccc(O)cc12)c1ccc2c(c1)nc(-c1ccc(C(F)(F)F)cc1)n2C1CCCCC1. The molecule has 5 aromatic rings. The van der Waals surface area contributed by atoms with E-state index in [1.54, 1.807) is 24.3 Å². The van der Waals surface area contributed by atoms with Gasteiger partial charge in [-0.25, -0.2) is 9.78 Å². The van der Waals surface area contributed by atoms with Crippen molar-refractivity contribution in [2.75, 3.05) is 0 Å². The monoisotopic (exact) mass is 576 g/mol. The average molecular weight is 577 g/mol. The molecule has 0 unspecified atom stereocenters. The van der Waals surface area contributed by atoms with Crippen LogP contribution in [0.25, 0.3) is 33.3 Å². The molecule has 1 aliphatic carbocycles. The Kier molecular flexibility index (Phi) is 6.88. The third-order valence-electron chi connectivity index (χ3n) is 7.89. The number of carbonyl (C=O) groups is 2. The molecule has 1 amide bonds. The van der Waals surface area contributed by atoms with E-state index in [9.17, 15) is 33.0 Å². The van der Waals surface area contributed by atoms with Crippen molar-refractivity contribution in [2.45, 2.75) is 50.4 Å². The van der Waals surface area contributed by atoms with Gasteiger partial charge in [-0.15, -0.1) is 0 Å². The number of aromatic nitrogens is 3. The van der Waals surface area contributed by atoms with Gasteiger partial charge < -0.3 is 25.1 Å². The van der Waals surface area contributed by atoms with Crippen LogP contribution in [0.2, 0.25) is 0 Å². The highest BCUT2D eigenvalue weighted by molar-refractivity contribution is 6.01. The molecule has 0 saturated heterocycles. The van der Waals surface area contributed by atoms with Crippen molar-refractivity contribution < 1.29 is 33.0 Å². The van der Waals surface area contributed by atoms with Crippen LogP contribution in [0.1, 0.15) is 65.7 Å². The summed E-state index contributed by atoms with van der Waals surface area (Å²) in [5.41, 5.74) is 2.09. The molecule has 6 rings (SSSR count). The molecule has 0 radical (unpaired) electrons. The Morgan fingerprint density at radius 1 is 1.00 bits per heavy atom. The van der Waals surface area contributed by atoms with Crippen molar-refractivity contribution in [1.82, 2.24) is 19.9 Å². The number of alkyl halides is 3. The maximum absolute atomic E-state index is 13.3. The summed E-state index contributed by atoms with van der Waals surface area (Å²) >= 11 is 0.